The molecule has 0 radical (unpaired) electrons. The molecule has 118 valence electrons. The van der Waals surface area contributed by atoms with Crippen molar-refractivity contribution >= 4 is 15.8 Å². The topological polar surface area (TPSA) is 84.2 Å². The molecule has 0 bridgehead atoms. The maximum Gasteiger partial charge on any atom is 0.306 e. The standard InChI is InChI=1S/C15H23NO4S/c1-20-14(17)9-15(7-8-15)11-21(18,19)13-6-4-2-3-5-12(13)10-16/h12-13H,2-9,11H2,1H3. The van der Waals surface area contributed by atoms with Crippen LogP contribution in [-0.4, -0.2) is 32.5 Å². The summed E-state index contributed by atoms with van der Waals surface area (Å²) in [5.41, 5.74) is -0.432. The van der Waals surface area contributed by atoms with Crippen molar-refractivity contribution in [2.45, 2.75) is 56.6 Å². The molecular formula is C15H23NO4S. The van der Waals surface area contributed by atoms with Crippen LogP contribution in [0.25, 0.3) is 0 Å². The van der Waals surface area contributed by atoms with Crippen LogP contribution < -0.4 is 0 Å². The Balaban J connectivity index is 2.10. The van der Waals surface area contributed by atoms with Crippen LogP contribution in [0.2, 0.25) is 0 Å². The molecule has 0 aromatic carbocycles. The summed E-state index contributed by atoms with van der Waals surface area (Å²) in [5, 5.41) is 8.70. The number of sulfone groups is 1. The van der Waals surface area contributed by atoms with Crippen LogP contribution in [0.15, 0.2) is 0 Å². The SMILES string of the molecule is COC(=O)CC1(CS(=O)(=O)C2CCCCCC2C#N)CC1. The average molecular weight is 313 g/mol. The molecule has 0 aliphatic heterocycles. The molecule has 2 aliphatic rings. The van der Waals surface area contributed by atoms with Crippen molar-refractivity contribution in [3.8, 4) is 6.07 Å². The van der Waals surface area contributed by atoms with Crippen LogP contribution in [0.4, 0.5) is 0 Å². The summed E-state index contributed by atoms with van der Waals surface area (Å²) < 4.78 is 30.1. The van der Waals surface area contributed by atoms with Crippen LogP contribution in [-0.2, 0) is 19.4 Å². The number of carbonyl (C=O) groups excluding carboxylic acids is 1. The number of esters is 1. The van der Waals surface area contributed by atoms with Gasteiger partial charge in [-0.15, -0.1) is 0 Å². The number of nitriles is 1. The molecule has 21 heavy (non-hydrogen) atoms. The van der Waals surface area contributed by atoms with Gasteiger partial charge in [0.05, 0.1) is 36.5 Å². The van der Waals surface area contributed by atoms with E-state index in [1.54, 1.807) is 0 Å². The molecule has 0 aromatic heterocycles. The lowest BCUT2D eigenvalue weighted by Gasteiger charge is -2.23. The van der Waals surface area contributed by atoms with Gasteiger partial charge in [-0.1, -0.05) is 19.3 Å². The van der Waals surface area contributed by atoms with Crippen LogP contribution in [0.5, 0.6) is 0 Å². The Morgan fingerprint density at radius 3 is 2.52 bits per heavy atom. The van der Waals surface area contributed by atoms with E-state index in [1.807, 2.05) is 0 Å². The molecule has 2 rings (SSSR count). The summed E-state index contributed by atoms with van der Waals surface area (Å²) in [7, 11) is -2.02. The molecular weight excluding hydrogens is 290 g/mol. The number of ether oxygens (including phenoxy) is 1. The first-order valence-electron chi connectivity index (χ1n) is 7.60. The smallest absolute Gasteiger partial charge is 0.306 e. The van der Waals surface area contributed by atoms with E-state index < -0.39 is 26.4 Å². The van der Waals surface area contributed by atoms with Crippen molar-refractivity contribution in [2.24, 2.45) is 11.3 Å². The van der Waals surface area contributed by atoms with Gasteiger partial charge in [0.2, 0.25) is 0 Å². The number of hydrogen-bond acceptors (Lipinski definition) is 5. The minimum Gasteiger partial charge on any atom is -0.469 e. The van der Waals surface area contributed by atoms with E-state index in [0.717, 1.165) is 32.1 Å². The lowest BCUT2D eigenvalue weighted by Crippen LogP contribution is -2.34. The van der Waals surface area contributed by atoms with Crippen LogP contribution >= 0.6 is 0 Å². The molecule has 0 saturated heterocycles. The van der Waals surface area contributed by atoms with Gasteiger partial charge < -0.3 is 4.74 Å². The van der Waals surface area contributed by atoms with E-state index >= 15 is 0 Å². The van der Waals surface area contributed by atoms with Gasteiger partial charge in [0.25, 0.3) is 0 Å². The van der Waals surface area contributed by atoms with E-state index in [4.69, 9.17) is 0 Å². The zero-order chi connectivity index (χ0) is 15.5. The van der Waals surface area contributed by atoms with Crippen molar-refractivity contribution in [2.75, 3.05) is 12.9 Å². The minimum absolute atomic E-state index is 0.0257. The van der Waals surface area contributed by atoms with Crippen LogP contribution in [0, 0.1) is 22.7 Å². The van der Waals surface area contributed by atoms with Crippen LogP contribution in [0.3, 0.4) is 0 Å². The monoisotopic (exact) mass is 313 g/mol. The predicted molar refractivity (Wildman–Crippen MR) is 78.1 cm³/mol. The van der Waals surface area contributed by atoms with E-state index in [-0.39, 0.29) is 18.1 Å². The predicted octanol–water partition coefficient (Wildman–Crippen LogP) is 2.22. The maximum absolute atomic E-state index is 12.7. The molecule has 0 spiro atoms. The molecule has 0 aromatic rings. The molecule has 0 amide bonds. The second kappa shape index (κ2) is 6.35. The zero-order valence-corrected chi connectivity index (χ0v) is 13.3. The van der Waals surface area contributed by atoms with Crippen LogP contribution in [0.1, 0.15) is 51.4 Å². The van der Waals surface area contributed by atoms with E-state index in [2.05, 4.69) is 10.8 Å². The Labute approximate surface area is 126 Å². The van der Waals surface area contributed by atoms with Crippen molar-refractivity contribution in [3.05, 3.63) is 0 Å². The molecule has 6 heteroatoms. The Kier molecular flexibility index (Phi) is 4.92. The molecule has 2 unspecified atom stereocenters. The Hall–Kier alpha value is -1.09. The highest BCUT2D eigenvalue weighted by Gasteiger charge is 2.50. The van der Waals surface area contributed by atoms with Crippen molar-refractivity contribution in [1.82, 2.24) is 0 Å². The number of methoxy groups -OCH3 is 1. The van der Waals surface area contributed by atoms with Crippen molar-refractivity contribution < 1.29 is 17.9 Å². The maximum atomic E-state index is 12.7. The van der Waals surface area contributed by atoms with Gasteiger partial charge in [0.15, 0.2) is 9.84 Å². The lowest BCUT2D eigenvalue weighted by molar-refractivity contribution is -0.141. The van der Waals surface area contributed by atoms with Gasteiger partial charge in [0.1, 0.15) is 0 Å². The first kappa shape index (κ1) is 16.3. The third-order valence-corrected chi connectivity index (χ3v) is 7.29. The second-order valence-corrected chi connectivity index (χ2v) is 8.69. The quantitative estimate of drug-likeness (QED) is 0.574. The Morgan fingerprint density at radius 2 is 1.95 bits per heavy atom. The Bertz CT molecular complexity index is 530. The largest absolute Gasteiger partial charge is 0.469 e. The molecule has 2 saturated carbocycles. The van der Waals surface area contributed by atoms with Crippen molar-refractivity contribution in [1.29, 1.82) is 5.26 Å². The second-order valence-electron chi connectivity index (χ2n) is 6.47. The summed E-state index contributed by atoms with van der Waals surface area (Å²) in [6.45, 7) is 0. The third-order valence-electron chi connectivity index (χ3n) is 4.79. The number of rotatable bonds is 5. The molecule has 2 aliphatic carbocycles. The van der Waals surface area contributed by atoms with E-state index in [1.165, 1.54) is 7.11 Å². The molecule has 0 N–H and O–H groups in total. The number of nitrogens with zero attached hydrogens (tertiary/aromatic N) is 1. The average Bonchev–Trinajstić information content (AvgIpc) is 3.20. The molecule has 0 heterocycles. The summed E-state index contributed by atoms with van der Waals surface area (Å²) in [5.74, 6) is -0.718. The van der Waals surface area contributed by atoms with Gasteiger partial charge >= 0.3 is 5.97 Å². The van der Waals surface area contributed by atoms with Gasteiger partial charge in [0, 0.05) is 0 Å². The third kappa shape index (κ3) is 3.97. The fraction of sp³-hybridized carbons (Fsp3) is 0.867. The van der Waals surface area contributed by atoms with Gasteiger partial charge in [-0.05, 0) is 31.1 Å². The molecule has 2 atom stereocenters. The summed E-state index contributed by atoms with van der Waals surface area (Å²) in [4.78, 5) is 11.4. The first-order valence-corrected chi connectivity index (χ1v) is 9.32. The fourth-order valence-corrected chi connectivity index (χ4v) is 5.99. The minimum atomic E-state index is -3.35. The lowest BCUT2D eigenvalue weighted by atomic mass is 10.0. The van der Waals surface area contributed by atoms with E-state index in [0.29, 0.717) is 12.8 Å². The number of carbonyl (C=O) groups is 1. The Morgan fingerprint density at radius 1 is 1.29 bits per heavy atom. The summed E-state index contributed by atoms with van der Waals surface area (Å²) >= 11 is 0. The summed E-state index contributed by atoms with van der Waals surface area (Å²) in [6.07, 6.45) is 5.73. The first-order chi connectivity index (χ1) is 9.92. The fourth-order valence-electron chi connectivity index (χ4n) is 3.31. The number of hydrogen-bond donors (Lipinski definition) is 0. The molecule has 5 nitrogen and oxygen atoms in total. The molecule has 2 fully saturated rings. The van der Waals surface area contributed by atoms with Gasteiger partial charge in [-0.3, -0.25) is 4.79 Å². The van der Waals surface area contributed by atoms with Gasteiger partial charge in [-0.2, -0.15) is 5.26 Å². The highest BCUT2D eigenvalue weighted by molar-refractivity contribution is 7.92. The normalized spacial score (nSPS) is 28.2. The zero-order valence-electron chi connectivity index (χ0n) is 12.5. The highest BCUT2D eigenvalue weighted by Crippen LogP contribution is 2.51. The van der Waals surface area contributed by atoms with Gasteiger partial charge in [-0.25, -0.2) is 8.42 Å². The summed E-state index contributed by atoms with van der Waals surface area (Å²) in [6, 6.07) is 2.19. The van der Waals surface area contributed by atoms with Crippen molar-refractivity contribution in [3.63, 3.8) is 0 Å². The van der Waals surface area contributed by atoms with E-state index in [9.17, 15) is 18.5 Å². The highest BCUT2D eigenvalue weighted by atomic mass is 32.2.